The number of aromatic nitrogens is 2. The zero-order valence-electron chi connectivity index (χ0n) is 10.6. The van der Waals surface area contributed by atoms with Crippen LogP contribution in [0.25, 0.3) is 0 Å². The fourth-order valence-electron chi connectivity index (χ4n) is 2.28. The van der Waals surface area contributed by atoms with Crippen LogP contribution in [0.1, 0.15) is 37.8 Å². The third-order valence-corrected chi connectivity index (χ3v) is 3.47. The summed E-state index contributed by atoms with van der Waals surface area (Å²) >= 11 is 5.52. The summed E-state index contributed by atoms with van der Waals surface area (Å²) in [5, 5.41) is 12.3. The summed E-state index contributed by atoms with van der Waals surface area (Å²) in [6.45, 7) is 0. The van der Waals surface area contributed by atoms with Gasteiger partial charge in [0.2, 0.25) is 5.28 Å². The van der Waals surface area contributed by atoms with Gasteiger partial charge in [0.15, 0.2) is 5.69 Å². The summed E-state index contributed by atoms with van der Waals surface area (Å²) in [6.07, 6.45) is -1.02. The fraction of sp³-hybridized carbons (Fsp3) is 0.667. The summed E-state index contributed by atoms with van der Waals surface area (Å²) in [5.74, 6) is -0.0109. The highest BCUT2D eigenvalue weighted by atomic mass is 35.5. The highest BCUT2D eigenvalue weighted by Crippen LogP contribution is 2.30. The number of hydrogen-bond acceptors (Lipinski definition) is 4. The van der Waals surface area contributed by atoms with Crippen molar-refractivity contribution in [3.63, 3.8) is 0 Å². The lowest BCUT2D eigenvalue weighted by atomic mass is 10.1. The number of hydrogen-bond donors (Lipinski definition) is 2. The molecule has 0 aromatic carbocycles. The van der Waals surface area contributed by atoms with Crippen LogP contribution in [0, 0.1) is 0 Å². The van der Waals surface area contributed by atoms with Crippen molar-refractivity contribution < 1.29 is 18.3 Å². The maximum absolute atomic E-state index is 12.6. The fourth-order valence-corrected chi connectivity index (χ4v) is 2.47. The van der Waals surface area contributed by atoms with Crippen LogP contribution >= 0.6 is 11.6 Å². The molecule has 112 valence electrons. The van der Waals surface area contributed by atoms with E-state index in [-0.39, 0.29) is 11.9 Å². The molecule has 2 unspecified atom stereocenters. The Hall–Kier alpha value is -1.08. The van der Waals surface area contributed by atoms with E-state index in [0.29, 0.717) is 12.8 Å². The predicted octanol–water partition coefficient (Wildman–Crippen LogP) is 3.25. The smallest absolute Gasteiger partial charge is 0.391 e. The molecule has 1 aromatic heterocycles. The van der Waals surface area contributed by atoms with Gasteiger partial charge in [0, 0.05) is 6.07 Å². The van der Waals surface area contributed by atoms with Crippen molar-refractivity contribution in [2.45, 2.75) is 50.4 Å². The quantitative estimate of drug-likeness (QED) is 0.650. The number of nitrogens with one attached hydrogen (secondary N) is 1. The average Bonchev–Trinajstić information content (AvgIpc) is 2.53. The van der Waals surface area contributed by atoms with Crippen LogP contribution in [-0.4, -0.2) is 27.2 Å². The van der Waals surface area contributed by atoms with Gasteiger partial charge >= 0.3 is 6.18 Å². The molecule has 1 aromatic rings. The Labute approximate surface area is 119 Å². The van der Waals surface area contributed by atoms with E-state index in [1.165, 1.54) is 0 Å². The molecule has 2 rings (SSSR count). The Bertz CT molecular complexity index is 470. The van der Waals surface area contributed by atoms with Crippen LogP contribution in [-0.2, 0) is 6.18 Å². The van der Waals surface area contributed by atoms with E-state index in [1.54, 1.807) is 0 Å². The van der Waals surface area contributed by atoms with Gasteiger partial charge in [-0.15, -0.1) is 0 Å². The molecule has 1 heterocycles. The summed E-state index contributed by atoms with van der Waals surface area (Å²) in [7, 11) is 0. The van der Waals surface area contributed by atoms with Gasteiger partial charge in [-0.05, 0) is 24.4 Å². The lowest BCUT2D eigenvalue weighted by Gasteiger charge is -2.22. The zero-order chi connectivity index (χ0) is 14.8. The first kappa shape index (κ1) is 15.3. The number of alkyl halides is 3. The van der Waals surface area contributed by atoms with Gasteiger partial charge in [-0.1, -0.05) is 19.3 Å². The van der Waals surface area contributed by atoms with Crippen molar-refractivity contribution >= 4 is 17.4 Å². The molecule has 1 aliphatic rings. The normalized spacial score (nSPS) is 24.2. The van der Waals surface area contributed by atoms with Gasteiger partial charge in [-0.25, -0.2) is 9.97 Å². The minimum absolute atomic E-state index is 0.0109. The van der Waals surface area contributed by atoms with Gasteiger partial charge in [-0.2, -0.15) is 13.2 Å². The average molecular weight is 310 g/mol. The molecular formula is C12H15ClF3N3O. The molecule has 0 amide bonds. The van der Waals surface area contributed by atoms with E-state index in [9.17, 15) is 18.3 Å². The van der Waals surface area contributed by atoms with E-state index in [1.807, 2.05) is 0 Å². The van der Waals surface area contributed by atoms with E-state index in [4.69, 9.17) is 11.6 Å². The van der Waals surface area contributed by atoms with Crippen LogP contribution in [0.3, 0.4) is 0 Å². The minimum Gasteiger partial charge on any atom is -0.391 e. The molecule has 1 aliphatic carbocycles. The molecule has 2 N–H and O–H groups in total. The Morgan fingerprint density at radius 1 is 1.20 bits per heavy atom. The number of aliphatic hydroxyl groups is 1. The topological polar surface area (TPSA) is 58.0 Å². The standard InChI is InChI=1S/C12H15ClF3N3O/c13-11-18-9(12(14,15)16)6-10(19-11)17-7-4-2-1-3-5-8(7)20/h6-8,20H,1-5H2,(H,17,18,19). The first-order valence-corrected chi connectivity index (χ1v) is 6.80. The second kappa shape index (κ2) is 6.13. The van der Waals surface area contributed by atoms with Crippen molar-refractivity contribution in [3.8, 4) is 0 Å². The van der Waals surface area contributed by atoms with Crippen molar-refractivity contribution in [2.24, 2.45) is 0 Å². The van der Waals surface area contributed by atoms with Gasteiger partial charge in [0.05, 0.1) is 12.1 Å². The maximum atomic E-state index is 12.6. The zero-order valence-corrected chi connectivity index (χ0v) is 11.4. The maximum Gasteiger partial charge on any atom is 0.433 e. The molecule has 0 bridgehead atoms. The van der Waals surface area contributed by atoms with Crippen LogP contribution < -0.4 is 5.32 Å². The molecule has 0 radical (unpaired) electrons. The third kappa shape index (κ3) is 3.96. The second-order valence-electron chi connectivity index (χ2n) is 4.86. The van der Waals surface area contributed by atoms with Crippen molar-refractivity contribution in [2.75, 3.05) is 5.32 Å². The Morgan fingerprint density at radius 2 is 1.90 bits per heavy atom. The van der Waals surface area contributed by atoms with Gasteiger partial charge < -0.3 is 10.4 Å². The van der Waals surface area contributed by atoms with Crippen LogP contribution in [0.15, 0.2) is 6.07 Å². The summed E-state index contributed by atoms with van der Waals surface area (Å²) < 4.78 is 37.9. The molecule has 4 nitrogen and oxygen atoms in total. The summed E-state index contributed by atoms with van der Waals surface area (Å²) in [5.41, 5.74) is -1.09. The molecule has 1 saturated carbocycles. The van der Waals surface area contributed by atoms with Crippen LogP contribution in [0.5, 0.6) is 0 Å². The number of aliphatic hydroxyl groups excluding tert-OH is 1. The van der Waals surface area contributed by atoms with Crippen molar-refractivity contribution in [1.29, 1.82) is 0 Å². The monoisotopic (exact) mass is 309 g/mol. The minimum atomic E-state index is -4.58. The van der Waals surface area contributed by atoms with E-state index in [0.717, 1.165) is 25.3 Å². The van der Waals surface area contributed by atoms with E-state index >= 15 is 0 Å². The van der Waals surface area contributed by atoms with Gasteiger partial charge in [-0.3, -0.25) is 0 Å². The number of nitrogens with zero attached hydrogens (tertiary/aromatic N) is 2. The summed E-state index contributed by atoms with van der Waals surface area (Å²) in [6, 6.07) is 0.494. The first-order valence-electron chi connectivity index (χ1n) is 6.42. The number of anilines is 1. The van der Waals surface area contributed by atoms with Gasteiger partial charge in [0.25, 0.3) is 0 Å². The highest BCUT2D eigenvalue weighted by Gasteiger charge is 2.34. The molecule has 2 atom stereocenters. The Balaban J connectivity index is 2.18. The third-order valence-electron chi connectivity index (χ3n) is 3.30. The summed E-state index contributed by atoms with van der Waals surface area (Å²) in [4.78, 5) is 6.90. The molecule has 8 heteroatoms. The Morgan fingerprint density at radius 3 is 2.60 bits per heavy atom. The van der Waals surface area contributed by atoms with Crippen molar-refractivity contribution in [1.82, 2.24) is 9.97 Å². The molecule has 0 spiro atoms. The molecule has 0 aliphatic heterocycles. The van der Waals surface area contributed by atoms with Crippen LogP contribution in [0.4, 0.5) is 19.0 Å². The molecular weight excluding hydrogens is 295 g/mol. The Kier molecular flexibility index (Phi) is 4.70. The largest absolute Gasteiger partial charge is 0.433 e. The van der Waals surface area contributed by atoms with Gasteiger partial charge in [0.1, 0.15) is 5.82 Å². The predicted molar refractivity (Wildman–Crippen MR) is 68.5 cm³/mol. The number of halogens is 4. The van der Waals surface area contributed by atoms with Crippen molar-refractivity contribution in [3.05, 3.63) is 17.0 Å². The SMILES string of the molecule is OC1CCCCCC1Nc1cc(C(F)(F)F)nc(Cl)n1. The molecule has 20 heavy (non-hydrogen) atoms. The van der Waals surface area contributed by atoms with Crippen LogP contribution in [0.2, 0.25) is 5.28 Å². The molecule has 1 fully saturated rings. The van der Waals surface area contributed by atoms with E-state index in [2.05, 4.69) is 15.3 Å². The first-order chi connectivity index (χ1) is 9.36. The lowest BCUT2D eigenvalue weighted by molar-refractivity contribution is -0.141. The number of rotatable bonds is 2. The molecule has 0 saturated heterocycles. The second-order valence-corrected chi connectivity index (χ2v) is 5.20. The lowest BCUT2D eigenvalue weighted by Crippen LogP contribution is -2.33. The highest BCUT2D eigenvalue weighted by molar-refractivity contribution is 6.28. The van der Waals surface area contributed by atoms with E-state index < -0.39 is 23.3 Å².